The van der Waals surface area contributed by atoms with Crippen molar-refractivity contribution in [2.75, 3.05) is 0 Å². The van der Waals surface area contributed by atoms with Crippen molar-refractivity contribution in [3.63, 3.8) is 0 Å². The monoisotopic (exact) mass is 329 g/mol. The summed E-state index contributed by atoms with van der Waals surface area (Å²) in [6.45, 7) is 0. The van der Waals surface area contributed by atoms with Gasteiger partial charge in [0.05, 0.1) is 11.3 Å². The van der Waals surface area contributed by atoms with Crippen molar-refractivity contribution in [1.82, 2.24) is 4.98 Å². The van der Waals surface area contributed by atoms with E-state index < -0.39 is 11.7 Å². The van der Waals surface area contributed by atoms with E-state index in [2.05, 4.69) is 4.98 Å². The maximum absolute atomic E-state index is 13.4. The average molecular weight is 330 g/mol. The second-order valence-corrected chi connectivity index (χ2v) is 5.44. The Labute approximate surface area is 128 Å². The molecule has 0 saturated carbocycles. The maximum atomic E-state index is 13.4. The SMILES string of the molecule is FC(F)(F)c1c(-c2ccc(Cl)cc2)[nH]c2ccc(Cl)cc12. The molecule has 0 aliphatic rings. The van der Waals surface area contributed by atoms with Gasteiger partial charge in [0.15, 0.2) is 0 Å². The molecular formula is C15H8Cl2F3N. The van der Waals surface area contributed by atoms with E-state index >= 15 is 0 Å². The summed E-state index contributed by atoms with van der Waals surface area (Å²) in [6, 6.07) is 10.6. The minimum Gasteiger partial charge on any atom is -0.354 e. The van der Waals surface area contributed by atoms with Crippen LogP contribution in [0.1, 0.15) is 5.56 Å². The van der Waals surface area contributed by atoms with E-state index in [1.54, 1.807) is 30.3 Å². The fourth-order valence-corrected chi connectivity index (χ4v) is 2.59. The summed E-state index contributed by atoms with van der Waals surface area (Å²) in [7, 11) is 0. The lowest BCUT2D eigenvalue weighted by atomic mass is 10.0. The summed E-state index contributed by atoms with van der Waals surface area (Å²) in [5, 5.41) is 0.779. The highest BCUT2D eigenvalue weighted by atomic mass is 35.5. The van der Waals surface area contributed by atoms with E-state index in [0.717, 1.165) is 0 Å². The van der Waals surface area contributed by atoms with Crippen molar-refractivity contribution in [2.45, 2.75) is 6.18 Å². The number of halogens is 5. The van der Waals surface area contributed by atoms with Gasteiger partial charge in [-0.05, 0) is 35.9 Å². The van der Waals surface area contributed by atoms with Crippen LogP contribution in [0.2, 0.25) is 10.0 Å². The lowest BCUT2D eigenvalue weighted by molar-refractivity contribution is -0.135. The number of nitrogens with one attached hydrogen (secondary N) is 1. The van der Waals surface area contributed by atoms with Gasteiger partial charge in [0.25, 0.3) is 0 Å². The number of fused-ring (bicyclic) bond motifs is 1. The molecule has 0 radical (unpaired) electrons. The molecule has 108 valence electrons. The molecule has 1 N–H and O–H groups in total. The second kappa shape index (κ2) is 4.97. The molecule has 1 heterocycles. The Bertz CT molecular complexity index is 804. The van der Waals surface area contributed by atoms with Gasteiger partial charge in [0, 0.05) is 20.9 Å². The largest absolute Gasteiger partial charge is 0.419 e. The first-order valence-electron chi connectivity index (χ1n) is 6.00. The molecule has 0 bridgehead atoms. The Kier molecular flexibility index (Phi) is 3.38. The van der Waals surface area contributed by atoms with E-state index in [1.807, 2.05) is 0 Å². The van der Waals surface area contributed by atoms with Gasteiger partial charge in [-0.15, -0.1) is 0 Å². The summed E-state index contributed by atoms with van der Waals surface area (Å²) in [5.41, 5.74) is 0.0921. The molecule has 3 rings (SSSR count). The summed E-state index contributed by atoms with van der Waals surface area (Å²) in [5.74, 6) is 0. The molecule has 0 atom stereocenters. The third kappa shape index (κ3) is 2.61. The van der Waals surface area contributed by atoms with E-state index in [0.29, 0.717) is 16.1 Å². The molecule has 6 heteroatoms. The summed E-state index contributed by atoms with van der Waals surface area (Å²) < 4.78 is 40.3. The van der Waals surface area contributed by atoms with Crippen molar-refractivity contribution in [3.05, 3.63) is 58.1 Å². The zero-order valence-electron chi connectivity index (χ0n) is 10.4. The van der Waals surface area contributed by atoms with Crippen LogP contribution in [0.3, 0.4) is 0 Å². The van der Waals surface area contributed by atoms with E-state index in [9.17, 15) is 13.2 Å². The van der Waals surface area contributed by atoms with Crippen LogP contribution < -0.4 is 0 Å². The van der Waals surface area contributed by atoms with Gasteiger partial charge in [0.2, 0.25) is 0 Å². The highest BCUT2D eigenvalue weighted by molar-refractivity contribution is 6.31. The van der Waals surface area contributed by atoms with Gasteiger partial charge in [0.1, 0.15) is 0 Å². The highest BCUT2D eigenvalue weighted by Crippen LogP contribution is 2.42. The summed E-state index contributed by atoms with van der Waals surface area (Å²) in [4.78, 5) is 2.81. The van der Waals surface area contributed by atoms with Crippen LogP contribution in [0.5, 0.6) is 0 Å². The predicted octanol–water partition coefficient (Wildman–Crippen LogP) is 6.16. The first-order valence-corrected chi connectivity index (χ1v) is 6.76. The van der Waals surface area contributed by atoms with Gasteiger partial charge in [-0.1, -0.05) is 35.3 Å². The van der Waals surface area contributed by atoms with Gasteiger partial charge < -0.3 is 4.98 Å². The standard InChI is InChI=1S/C15H8Cl2F3N/c16-9-3-1-8(2-4-9)14-13(15(18,19)20)11-7-10(17)5-6-12(11)21-14/h1-7,21H. The fourth-order valence-electron chi connectivity index (χ4n) is 2.29. The molecular weight excluding hydrogens is 322 g/mol. The molecule has 0 spiro atoms. The van der Waals surface area contributed by atoms with Crippen LogP contribution in [0.25, 0.3) is 22.2 Å². The number of aromatic amines is 1. The smallest absolute Gasteiger partial charge is 0.354 e. The minimum atomic E-state index is -4.49. The van der Waals surface area contributed by atoms with Crippen LogP contribution in [0.4, 0.5) is 13.2 Å². The molecule has 2 aromatic carbocycles. The number of H-pyrrole nitrogens is 1. The molecule has 0 aliphatic heterocycles. The number of alkyl halides is 3. The Morgan fingerprint density at radius 3 is 2.10 bits per heavy atom. The molecule has 1 nitrogen and oxygen atoms in total. The van der Waals surface area contributed by atoms with E-state index in [1.165, 1.54) is 12.1 Å². The first kappa shape index (κ1) is 14.3. The lowest BCUT2D eigenvalue weighted by Crippen LogP contribution is -2.05. The predicted molar refractivity (Wildman–Crippen MR) is 78.8 cm³/mol. The van der Waals surface area contributed by atoms with Crippen LogP contribution in [-0.2, 0) is 6.18 Å². The molecule has 3 aromatic rings. The normalized spacial score (nSPS) is 12.0. The van der Waals surface area contributed by atoms with Crippen LogP contribution in [-0.4, -0.2) is 4.98 Å². The Morgan fingerprint density at radius 2 is 1.48 bits per heavy atom. The number of hydrogen-bond acceptors (Lipinski definition) is 0. The van der Waals surface area contributed by atoms with Crippen molar-refractivity contribution in [2.24, 2.45) is 0 Å². The van der Waals surface area contributed by atoms with Crippen molar-refractivity contribution in [1.29, 1.82) is 0 Å². The zero-order chi connectivity index (χ0) is 15.2. The number of benzene rings is 2. The van der Waals surface area contributed by atoms with E-state index in [-0.39, 0.29) is 16.1 Å². The maximum Gasteiger partial charge on any atom is 0.419 e. The molecule has 0 amide bonds. The van der Waals surface area contributed by atoms with Gasteiger partial charge in [-0.25, -0.2) is 0 Å². The third-order valence-corrected chi connectivity index (χ3v) is 3.66. The molecule has 0 fully saturated rings. The lowest BCUT2D eigenvalue weighted by Gasteiger charge is -2.09. The van der Waals surface area contributed by atoms with Crippen molar-refractivity contribution in [3.8, 4) is 11.3 Å². The molecule has 0 saturated heterocycles. The third-order valence-electron chi connectivity index (χ3n) is 3.18. The number of rotatable bonds is 1. The quantitative estimate of drug-likeness (QED) is 0.550. The molecule has 1 aromatic heterocycles. The Balaban J connectivity index is 2.34. The summed E-state index contributed by atoms with van der Waals surface area (Å²) in [6.07, 6.45) is -4.49. The molecule has 21 heavy (non-hydrogen) atoms. The first-order chi connectivity index (χ1) is 9.86. The van der Waals surface area contributed by atoms with Crippen molar-refractivity contribution >= 4 is 34.1 Å². The second-order valence-electron chi connectivity index (χ2n) is 4.57. The highest BCUT2D eigenvalue weighted by Gasteiger charge is 2.37. The number of aromatic nitrogens is 1. The number of hydrogen-bond donors (Lipinski definition) is 1. The van der Waals surface area contributed by atoms with Crippen LogP contribution in [0.15, 0.2) is 42.5 Å². The molecule has 0 aliphatic carbocycles. The van der Waals surface area contributed by atoms with Crippen LogP contribution >= 0.6 is 23.2 Å². The average Bonchev–Trinajstić information content (AvgIpc) is 2.77. The van der Waals surface area contributed by atoms with Gasteiger partial charge in [-0.3, -0.25) is 0 Å². The minimum absolute atomic E-state index is 0.0106. The Hall–Kier alpha value is -1.65. The zero-order valence-corrected chi connectivity index (χ0v) is 11.9. The van der Waals surface area contributed by atoms with Gasteiger partial charge >= 0.3 is 6.18 Å². The van der Waals surface area contributed by atoms with Crippen molar-refractivity contribution < 1.29 is 13.2 Å². The van der Waals surface area contributed by atoms with Crippen LogP contribution in [0, 0.1) is 0 Å². The Morgan fingerprint density at radius 1 is 0.857 bits per heavy atom. The van der Waals surface area contributed by atoms with E-state index in [4.69, 9.17) is 23.2 Å². The fraction of sp³-hybridized carbons (Fsp3) is 0.0667. The summed E-state index contributed by atoms with van der Waals surface area (Å²) >= 11 is 11.6. The topological polar surface area (TPSA) is 15.8 Å². The molecule has 0 unspecified atom stereocenters. The van der Waals surface area contributed by atoms with Gasteiger partial charge in [-0.2, -0.15) is 13.2 Å².